The van der Waals surface area contributed by atoms with E-state index in [0.29, 0.717) is 6.42 Å². The number of benzene rings is 1. The fourth-order valence-electron chi connectivity index (χ4n) is 6.42. The second kappa shape index (κ2) is 21.7. The Hall–Kier alpha value is -4.53. The molecule has 2 rings (SSSR count). The lowest BCUT2D eigenvalue weighted by molar-refractivity contribution is -0.150. The van der Waals surface area contributed by atoms with E-state index in [4.69, 9.17) is 4.74 Å². The molecule has 15 nitrogen and oxygen atoms in total. The van der Waals surface area contributed by atoms with Gasteiger partial charge in [0.2, 0.25) is 41.4 Å². The van der Waals surface area contributed by atoms with E-state index in [1.54, 1.807) is 13.8 Å². The zero-order valence-electron chi connectivity index (χ0n) is 35.8. The van der Waals surface area contributed by atoms with Gasteiger partial charge in [0.25, 0.3) is 0 Å². The zero-order valence-corrected chi connectivity index (χ0v) is 35.8. The average molecular weight is 786 g/mol. The van der Waals surface area contributed by atoms with Gasteiger partial charge in [-0.1, -0.05) is 78.3 Å². The van der Waals surface area contributed by atoms with Crippen molar-refractivity contribution in [3.8, 4) is 0 Å². The summed E-state index contributed by atoms with van der Waals surface area (Å²) in [6.45, 7) is 15.8. The normalized spacial score (nSPS) is 26.6. The molecule has 0 spiro atoms. The van der Waals surface area contributed by atoms with Gasteiger partial charge >= 0.3 is 0 Å². The molecule has 8 atom stereocenters. The first kappa shape index (κ1) is 47.6. The van der Waals surface area contributed by atoms with E-state index in [1.165, 1.54) is 61.6 Å². The first-order chi connectivity index (χ1) is 26.1. The predicted molar refractivity (Wildman–Crippen MR) is 214 cm³/mol. The molecule has 15 heteroatoms. The number of ether oxygens (including phenoxy) is 1. The van der Waals surface area contributed by atoms with Gasteiger partial charge in [-0.3, -0.25) is 33.6 Å². The van der Waals surface area contributed by atoms with Crippen molar-refractivity contribution in [2.75, 3.05) is 34.8 Å². The van der Waals surface area contributed by atoms with Crippen LogP contribution in [0, 0.1) is 17.8 Å². The molecule has 314 valence electrons. The molecule has 7 amide bonds. The summed E-state index contributed by atoms with van der Waals surface area (Å²) in [7, 11) is 5.87. The van der Waals surface area contributed by atoms with Gasteiger partial charge in [-0.15, -0.1) is 0 Å². The van der Waals surface area contributed by atoms with Gasteiger partial charge in [-0.05, 0) is 56.9 Å². The summed E-state index contributed by atoms with van der Waals surface area (Å²) >= 11 is 0. The highest BCUT2D eigenvalue weighted by molar-refractivity contribution is 5.98. The van der Waals surface area contributed by atoms with Crippen molar-refractivity contribution < 1.29 is 38.3 Å². The van der Waals surface area contributed by atoms with Crippen LogP contribution < -0.4 is 16.0 Å². The molecule has 56 heavy (non-hydrogen) atoms. The summed E-state index contributed by atoms with van der Waals surface area (Å²) in [6.07, 6.45) is 1.03. The molecule has 1 aromatic carbocycles. The van der Waals surface area contributed by atoms with E-state index in [9.17, 15) is 33.6 Å². The molecule has 0 unspecified atom stereocenters. The van der Waals surface area contributed by atoms with Crippen molar-refractivity contribution in [1.29, 1.82) is 0 Å². The maximum atomic E-state index is 14.2. The third kappa shape index (κ3) is 12.8. The minimum atomic E-state index is -1.27. The van der Waals surface area contributed by atoms with Crippen LogP contribution in [0.4, 0.5) is 0 Å². The van der Waals surface area contributed by atoms with Crippen molar-refractivity contribution >= 4 is 41.4 Å². The third-order valence-electron chi connectivity index (χ3n) is 10.8. The van der Waals surface area contributed by atoms with E-state index >= 15 is 0 Å². The molecule has 1 fully saturated rings. The van der Waals surface area contributed by atoms with Crippen LogP contribution in [0.25, 0.3) is 0 Å². The van der Waals surface area contributed by atoms with E-state index < -0.39 is 83.6 Å². The molecule has 0 bridgehead atoms. The quantitative estimate of drug-likeness (QED) is 0.323. The molecule has 1 aliphatic heterocycles. The number of amides is 7. The summed E-state index contributed by atoms with van der Waals surface area (Å²) in [4.78, 5) is 103. The van der Waals surface area contributed by atoms with Gasteiger partial charge in [0.1, 0.15) is 42.3 Å². The van der Waals surface area contributed by atoms with Crippen LogP contribution >= 0.6 is 0 Å². The SMILES string of the molecule is CC[C@H](C)[C@H]1NC(=O)[C@@H](COCc2ccccc2)NC(=O)[C@H](C)N(C)C(=O)[C@H](C)N(C)C(=O)[C@H](CC(C)C)NC(=O)[C@H](CC(C)C)N(C)C(=O)[C@H](C)N(C)C1=O. The molecule has 1 aromatic rings. The van der Waals surface area contributed by atoms with Crippen LogP contribution in [0.1, 0.15) is 87.1 Å². The third-order valence-corrected chi connectivity index (χ3v) is 10.8. The molecule has 3 N–H and O–H groups in total. The predicted octanol–water partition coefficient (Wildman–Crippen LogP) is 2.18. The number of carbonyl (C=O) groups excluding carboxylic acids is 7. The van der Waals surface area contributed by atoms with Gasteiger partial charge in [-0.25, -0.2) is 0 Å². The Labute approximate surface area is 333 Å². The Morgan fingerprint density at radius 1 is 0.589 bits per heavy atom. The summed E-state index contributed by atoms with van der Waals surface area (Å²) in [5.74, 6) is -4.42. The Bertz CT molecular complexity index is 1520. The van der Waals surface area contributed by atoms with Gasteiger partial charge in [0.15, 0.2) is 0 Å². The van der Waals surface area contributed by atoms with Gasteiger partial charge in [-0.2, -0.15) is 0 Å². The molecule has 1 heterocycles. The van der Waals surface area contributed by atoms with E-state index in [0.717, 1.165) is 5.56 Å². The molecule has 0 radical (unpaired) electrons. The lowest BCUT2D eigenvalue weighted by atomic mass is 9.96. The second-order valence-corrected chi connectivity index (χ2v) is 16.1. The molecule has 1 aliphatic rings. The van der Waals surface area contributed by atoms with Crippen LogP contribution in [0.15, 0.2) is 30.3 Å². The molecule has 0 aromatic heterocycles. The average Bonchev–Trinajstić information content (AvgIpc) is 3.17. The van der Waals surface area contributed by atoms with Crippen molar-refractivity contribution in [2.24, 2.45) is 17.8 Å². The van der Waals surface area contributed by atoms with E-state index in [1.807, 2.05) is 65.0 Å². The van der Waals surface area contributed by atoms with Crippen LogP contribution in [-0.4, -0.2) is 138 Å². The van der Waals surface area contributed by atoms with Crippen LogP contribution in [0.5, 0.6) is 0 Å². The van der Waals surface area contributed by atoms with Crippen LogP contribution in [0.2, 0.25) is 0 Å². The van der Waals surface area contributed by atoms with E-state index in [-0.39, 0.29) is 43.8 Å². The van der Waals surface area contributed by atoms with Gasteiger partial charge in [0, 0.05) is 28.2 Å². The Morgan fingerprint density at radius 2 is 1.09 bits per heavy atom. The van der Waals surface area contributed by atoms with Crippen LogP contribution in [0.3, 0.4) is 0 Å². The topological polar surface area (TPSA) is 178 Å². The first-order valence-electron chi connectivity index (χ1n) is 19.7. The number of hydrogen-bond acceptors (Lipinski definition) is 8. The number of hydrogen-bond donors (Lipinski definition) is 3. The first-order valence-corrected chi connectivity index (χ1v) is 19.7. The van der Waals surface area contributed by atoms with Crippen molar-refractivity contribution in [1.82, 2.24) is 35.6 Å². The number of likely N-dealkylation sites (N-methyl/N-ethyl adjacent to an activating group) is 4. The monoisotopic (exact) mass is 786 g/mol. The maximum Gasteiger partial charge on any atom is 0.245 e. The van der Waals surface area contributed by atoms with Crippen molar-refractivity contribution in [3.05, 3.63) is 35.9 Å². The fourth-order valence-corrected chi connectivity index (χ4v) is 6.42. The smallest absolute Gasteiger partial charge is 0.245 e. The summed E-state index contributed by atoms with van der Waals surface area (Å²) in [5.41, 5.74) is 0.842. The Kier molecular flexibility index (Phi) is 18.4. The fraction of sp³-hybridized carbons (Fsp3) is 0.683. The zero-order chi connectivity index (χ0) is 42.6. The Balaban J connectivity index is 2.68. The molecule has 0 aliphatic carbocycles. The molecular formula is C41H67N7O8. The van der Waals surface area contributed by atoms with Crippen molar-refractivity contribution in [3.63, 3.8) is 0 Å². The number of nitrogens with one attached hydrogen (secondary N) is 3. The van der Waals surface area contributed by atoms with Crippen LogP contribution in [-0.2, 0) is 44.9 Å². The number of carbonyl (C=O) groups is 7. The highest BCUT2D eigenvalue weighted by Crippen LogP contribution is 2.19. The highest BCUT2D eigenvalue weighted by atomic mass is 16.5. The summed E-state index contributed by atoms with van der Waals surface area (Å²) in [6, 6.07) is 1.74. The second-order valence-electron chi connectivity index (χ2n) is 16.1. The lowest BCUT2D eigenvalue weighted by Crippen LogP contribution is -2.61. The van der Waals surface area contributed by atoms with E-state index in [2.05, 4.69) is 16.0 Å². The van der Waals surface area contributed by atoms with Crippen molar-refractivity contribution in [2.45, 2.75) is 130 Å². The van der Waals surface area contributed by atoms with Gasteiger partial charge < -0.3 is 40.3 Å². The summed E-state index contributed by atoms with van der Waals surface area (Å²) in [5, 5.41) is 8.41. The minimum absolute atomic E-state index is 0.0202. The standard InChI is InChI=1S/C41H67N7O8/c1-14-26(6)34-41(55)47(12)29(9)39(53)48(13)33(21-25(4)5)37(51)42-31(20-24(2)3)40(54)46(11)28(8)38(52)45(10)27(7)35(49)43-32(36(50)44-34)23-56-22-30-18-16-15-17-19-30/h15-19,24-29,31-34H,14,20-23H2,1-13H3,(H,42,51)(H,43,49)(H,44,50)/t26-,27-,28-,29-,31-,32+,33-,34+/m0/s1. The van der Waals surface area contributed by atoms with Gasteiger partial charge in [0.05, 0.1) is 13.2 Å². The summed E-state index contributed by atoms with van der Waals surface area (Å²) < 4.78 is 5.89. The molecule has 1 saturated heterocycles. The molecule has 0 saturated carbocycles. The number of rotatable bonds is 10. The molecular weight excluding hydrogens is 718 g/mol. The Morgan fingerprint density at radius 3 is 1.62 bits per heavy atom. The minimum Gasteiger partial charge on any atom is -0.374 e. The number of nitrogens with zero attached hydrogens (tertiary/aromatic N) is 4. The largest absolute Gasteiger partial charge is 0.374 e. The maximum absolute atomic E-state index is 14.2. The highest BCUT2D eigenvalue weighted by Gasteiger charge is 2.40. The lowest BCUT2D eigenvalue weighted by Gasteiger charge is -2.36.